The first-order valence-electron chi connectivity index (χ1n) is 5.15. The Morgan fingerprint density at radius 1 is 1.16 bits per heavy atom. The summed E-state index contributed by atoms with van der Waals surface area (Å²) in [6.07, 6.45) is 1.44. The molecule has 0 aliphatic heterocycles. The molecule has 0 fully saturated rings. The molecule has 0 bridgehead atoms. The number of benzene rings is 1. The third-order valence-corrected chi connectivity index (χ3v) is 2.54. The number of halogens is 3. The summed E-state index contributed by atoms with van der Waals surface area (Å²) in [5, 5.41) is 2.64. The summed E-state index contributed by atoms with van der Waals surface area (Å²) >= 11 is 4.80. The van der Waals surface area contributed by atoms with Gasteiger partial charge in [0.1, 0.15) is 10.8 Å². The van der Waals surface area contributed by atoms with Gasteiger partial charge < -0.3 is 11.1 Å². The minimum absolute atomic E-state index is 0.0315. The molecule has 19 heavy (non-hydrogen) atoms. The van der Waals surface area contributed by atoms with Crippen LogP contribution in [-0.4, -0.2) is 9.97 Å². The molecule has 0 aliphatic rings. The zero-order valence-electron chi connectivity index (χ0n) is 9.45. The zero-order valence-corrected chi connectivity index (χ0v) is 10.3. The van der Waals surface area contributed by atoms with E-state index >= 15 is 0 Å². The first kappa shape index (κ1) is 13.3. The van der Waals surface area contributed by atoms with Crippen LogP contribution in [0.25, 0.3) is 0 Å². The van der Waals surface area contributed by atoms with Crippen molar-refractivity contribution in [3.05, 3.63) is 53.5 Å². The number of thiocarbonyl (C=S) groups is 1. The van der Waals surface area contributed by atoms with Gasteiger partial charge in [-0.25, -0.2) is 18.2 Å². The monoisotopic (exact) mass is 283 g/mol. The van der Waals surface area contributed by atoms with E-state index in [0.717, 1.165) is 12.1 Å². The van der Waals surface area contributed by atoms with E-state index in [1.807, 2.05) is 0 Å². The first-order chi connectivity index (χ1) is 8.97. The zero-order chi connectivity index (χ0) is 14.0. The highest BCUT2D eigenvalue weighted by Gasteiger charge is 2.11. The number of anilines is 2. The summed E-state index contributed by atoms with van der Waals surface area (Å²) in [6.45, 7) is 0. The van der Waals surface area contributed by atoms with Crippen LogP contribution in [0.5, 0.6) is 0 Å². The second kappa shape index (κ2) is 5.23. The van der Waals surface area contributed by atoms with Gasteiger partial charge in [0.15, 0.2) is 17.5 Å². The highest BCUT2D eigenvalue weighted by molar-refractivity contribution is 7.80. The third-order valence-electron chi connectivity index (χ3n) is 2.30. The number of nitrogens with one attached hydrogen (secondary N) is 1. The molecule has 0 amide bonds. The van der Waals surface area contributed by atoms with Gasteiger partial charge in [-0.15, -0.1) is 0 Å². The quantitative estimate of drug-likeness (QED) is 0.672. The van der Waals surface area contributed by atoms with E-state index in [0.29, 0.717) is 5.56 Å². The molecule has 0 unspecified atom stereocenters. The number of nitrogens with zero attached hydrogens (tertiary/aromatic N) is 1. The molecule has 0 radical (unpaired) electrons. The van der Waals surface area contributed by atoms with Crippen LogP contribution < -0.4 is 11.1 Å². The van der Waals surface area contributed by atoms with E-state index in [4.69, 9.17) is 18.0 Å². The highest BCUT2D eigenvalue weighted by atomic mass is 32.1. The number of rotatable bonds is 3. The Balaban J connectivity index is 2.31. The predicted octanol–water partition coefficient (Wildman–Crippen LogP) is 2.88. The summed E-state index contributed by atoms with van der Waals surface area (Å²) in [5.41, 5.74) is 6.03. The van der Waals surface area contributed by atoms with Crippen molar-refractivity contribution in [2.24, 2.45) is 5.73 Å². The average molecular weight is 283 g/mol. The lowest BCUT2D eigenvalue weighted by Crippen LogP contribution is -2.10. The Morgan fingerprint density at radius 3 is 2.37 bits per heavy atom. The summed E-state index contributed by atoms with van der Waals surface area (Å²) in [4.78, 5) is 4.10. The van der Waals surface area contributed by atoms with E-state index < -0.39 is 17.5 Å². The van der Waals surface area contributed by atoms with Crippen LogP contribution in [0.1, 0.15) is 5.56 Å². The van der Waals surface area contributed by atoms with Crippen molar-refractivity contribution >= 4 is 28.7 Å². The second-order valence-electron chi connectivity index (χ2n) is 3.67. The van der Waals surface area contributed by atoms with Crippen LogP contribution in [0.2, 0.25) is 0 Å². The molecule has 0 aliphatic carbocycles. The average Bonchev–Trinajstić information content (AvgIpc) is 2.36. The van der Waals surface area contributed by atoms with Gasteiger partial charge in [-0.3, -0.25) is 0 Å². The smallest absolute Gasteiger partial charge is 0.194 e. The van der Waals surface area contributed by atoms with Crippen molar-refractivity contribution in [2.45, 2.75) is 0 Å². The molecular formula is C12H8F3N3S. The van der Waals surface area contributed by atoms with Gasteiger partial charge in [-0.1, -0.05) is 12.2 Å². The van der Waals surface area contributed by atoms with E-state index in [-0.39, 0.29) is 16.5 Å². The molecule has 3 nitrogen and oxygen atoms in total. The van der Waals surface area contributed by atoms with Crippen molar-refractivity contribution in [3.8, 4) is 0 Å². The Morgan fingerprint density at radius 2 is 1.79 bits per heavy atom. The molecule has 0 saturated heterocycles. The SMILES string of the molecule is NC(=S)c1ccnc(Nc2cc(F)c(F)c(F)c2)c1. The maximum atomic E-state index is 13.0. The molecule has 3 N–H and O–H groups in total. The Hall–Kier alpha value is -2.15. The van der Waals surface area contributed by atoms with E-state index in [1.165, 1.54) is 12.3 Å². The Labute approximate surface area is 112 Å². The minimum atomic E-state index is -1.52. The van der Waals surface area contributed by atoms with E-state index in [1.54, 1.807) is 6.07 Å². The maximum Gasteiger partial charge on any atom is 0.194 e. The topological polar surface area (TPSA) is 50.9 Å². The Kier molecular flexibility index (Phi) is 3.66. The van der Waals surface area contributed by atoms with Gasteiger partial charge in [0, 0.05) is 29.6 Å². The maximum absolute atomic E-state index is 13.0. The second-order valence-corrected chi connectivity index (χ2v) is 4.11. The van der Waals surface area contributed by atoms with Crippen LogP contribution in [0.4, 0.5) is 24.7 Å². The fourth-order valence-corrected chi connectivity index (χ4v) is 1.55. The first-order valence-corrected chi connectivity index (χ1v) is 5.55. The molecule has 2 rings (SSSR count). The van der Waals surface area contributed by atoms with Crippen LogP contribution in [0.3, 0.4) is 0 Å². The molecule has 2 aromatic rings. The summed E-state index contributed by atoms with van der Waals surface area (Å²) < 4.78 is 38.9. The lowest BCUT2D eigenvalue weighted by Gasteiger charge is -2.07. The normalized spacial score (nSPS) is 10.3. The predicted molar refractivity (Wildman–Crippen MR) is 69.7 cm³/mol. The van der Waals surface area contributed by atoms with Crippen LogP contribution in [-0.2, 0) is 0 Å². The van der Waals surface area contributed by atoms with Crippen molar-refractivity contribution in [1.82, 2.24) is 4.98 Å². The van der Waals surface area contributed by atoms with Crippen molar-refractivity contribution < 1.29 is 13.2 Å². The van der Waals surface area contributed by atoms with Crippen LogP contribution in [0.15, 0.2) is 30.5 Å². The molecule has 0 saturated carbocycles. The van der Waals surface area contributed by atoms with E-state index in [9.17, 15) is 13.2 Å². The largest absolute Gasteiger partial charge is 0.389 e. The summed E-state index contributed by atoms with van der Waals surface area (Å²) in [7, 11) is 0. The standard InChI is InChI=1S/C12H8F3N3S/c13-8-4-7(5-9(14)11(8)15)18-10-3-6(12(16)19)1-2-17-10/h1-5H,(H2,16,19)(H,17,18). The molecule has 98 valence electrons. The number of hydrogen-bond donors (Lipinski definition) is 2. The fraction of sp³-hybridized carbons (Fsp3) is 0. The number of aromatic nitrogens is 1. The van der Waals surface area contributed by atoms with Gasteiger partial charge in [-0.05, 0) is 12.1 Å². The van der Waals surface area contributed by atoms with Crippen molar-refractivity contribution in [3.63, 3.8) is 0 Å². The van der Waals surface area contributed by atoms with Crippen LogP contribution >= 0.6 is 12.2 Å². The Bertz CT molecular complexity index is 623. The van der Waals surface area contributed by atoms with Gasteiger partial charge >= 0.3 is 0 Å². The van der Waals surface area contributed by atoms with Gasteiger partial charge in [0.25, 0.3) is 0 Å². The molecular weight excluding hydrogens is 275 g/mol. The molecule has 0 atom stereocenters. The van der Waals surface area contributed by atoms with Crippen molar-refractivity contribution in [2.75, 3.05) is 5.32 Å². The molecule has 0 spiro atoms. The molecule has 1 heterocycles. The molecule has 7 heteroatoms. The molecule has 1 aromatic carbocycles. The lowest BCUT2D eigenvalue weighted by molar-refractivity contribution is 0.448. The van der Waals surface area contributed by atoms with Gasteiger partial charge in [-0.2, -0.15) is 0 Å². The van der Waals surface area contributed by atoms with Crippen LogP contribution in [0, 0.1) is 17.5 Å². The van der Waals surface area contributed by atoms with Crippen molar-refractivity contribution in [1.29, 1.82) is 0 Å². The number of nitrogens with two attached hydrogens (primary N) is 1. The summed E-state index contributed by atoms with van der Waals surface area (Å²) in [5.74, 6) is -3.80. The lowest BCUT2D eigenvalue weighted by atomic mass is 10.2. The fourth-order valence-electron chi connectivity index (χ4n) is 1.43. The number of hydrogen-bond acceptors (Lipinski definition) is 3. The highest BCUT2D eigenvalue weighted by Crippen LogP contribution is 2.20. The van der Waals surface area contributed by atoms with Gasteiger partial charge in [0.05, 0.1) is 0 Å². The molecule has 1 aromatic heterocycles. The minimum Gasteiger partial charge on any atom is -0.389 e. The van der Waals surface area contributed by atoms with E-state index in [2.05, 4.69) is 10.3 Å². The van der Waals surface area contributed by atoms with Gasteiger partial charge in [0.2, 0.25) is 0 Å². The summed E-state index contributed by atoms with van der Waals surface area (Å²) in [6, 6.07) is 4.77. The third kappa shape index (κ3) is 3.00. The number of pyridine rings is 1.